The van der Waals surface area contributed by atoms with E-state index in [1.54, 1.807) is 0 Å². The molecule has 1 heterocycles. The molecule has 0 radical (unpaired) electrons. The largest absolute Gasteiger partial charge is 0.353 e. The van der Waals surface area contributed by atoms with E-state index >= 15 is 0 Å². The lowest BCUT2D eigenvalue weighted by Crippen LogP contribution is -2.40. The molecule has 2 fully saturated rings. The van der Waals surface area contributed by atoms with Gasteiger partial charge in [-0.2, -0.15) is 0 Å². The normalized spacial score (nSPS) is 22.4. The summed E-state index contributed by atoms with van der Waals surface area (Å²) in [7, 11) is 0. The summed E-state index contributed by atoms with van der Waals surface area (Å²) < 4.78 is 2.08. The molecule has 1 N–H and O–H groups in total. The summed E-state index contributed by atoms with van der Waals surface area (Å²) >= 11 is 7.52. The molecule has 0 aliphatic heterocycles. The summed E-state index contributed by atoms with van der Waals surface area (Å²) in [6, 6.07) is 18.1. The molecule has 0 spiro atoms. The quantitative estimate of drug-likeness (QED) is 0.421. The zero-order valence-corrected chi connectivity index (χ0v) is 20.4. The summed E-state index contributed by atoms with van der Waals surface area (Å²) in [5.41, 5.74) is 2.10. The number of carbonyl (C=O) groups is 1. The fraction of sp³-hybridized carbons (Fsp3) is 0.423. The van der Waals surface area contributed by atoms with Gasteiger partial charge in [-0.1, -0.05) is 60.1 Å². The van der Waals surface area contributed by atoms with Crippen molar-refractivity contribution in [2.75, 3.05) is 5.75 Å². The molecule has 4 atom stereocenters. The molecule has 2 bridgehead atoms. The zero-order chi connectivity index (χ0) is 22.8. The minimum atomic E-state index is 0.0672. The van der Waals surface area contributed by atoms with E-state index in [1.807, 2.05) is 42.5 Å². The van der Waals surface area contributed by atoms with Gasteiger partial charge in [-0.25, -0.2) is 0 Å². The third kappa shape index (κ3) is 5.12. The SMILES string of the molecule is C[C@@H](NC(=O)CSc1nnc(-c2ccc(Cl)cc2)n1Cc1ccccc1)[C@@H]1C[C@@H]2CC[C@@H]1C2. The summed E-state index contributed by atoms with van der Waals surface area (Å²) in [4.78, 5) is 12.8. The Kier molecular flexibility index (Phi) is 6.74. The van der Waals surface area contributed by atoms with Gasteiger partial charge in [0.1, 0.15) is 0 Å². The lowest BCUT2D eigenvalue weighted by Gasteiger charge is -2.28. The van der Waals surface area contributed by atoms with E-state index in [4.69, 9.17) is 11.6 Å². The third-order valence-electron chi connectivity index (χ3n) is 7.16. The Hall–Kier alpha value is -2.31. The first-order chi connectivity index (χ1) is 16.1. The van der Waals surface area contributed by atoms with E-state index in [9.17, 15) is 4.79 Å². The number of aromatic nitrogens is 3. The Morgan fingerprint density at radius 2 is 1.91 bits per heavy atom. The van der Waals surface area contributed by atoms with Gasteiger partial charge in [-0.05, 0) is 73.8 Å². The summed E-state index contributed by atoms with van der Waals surface area (Å²) in [6.07, 6.45) is 5.34. The van der Waals surface area contributed by atoms with Crippen LogP contribution in [0.15, 0.2) is 59.8 Å². The van der Waals surface area contributed by atoms with Crippen LogP contribution >= 0.6 is 23.4 Å². The van der Waals surface area contributed by atoms with E-state index in [-0.39, 0.29) is 11.9 Å². The van der Waals surface area contributed by atoms with Crippen molar-refractivity contribution in [2.45, 2.75) is 50.4 Å². The average Bonchev–Trinajstić information content (AvgIpc) is 3.55. The smallest absolute Gasteiger partial charge is 0.230 e. The molecule has 5 rings (SSSR count). The Balaban J connectivity index is 1.28. The molecule has 5 nitrogen and oxygen atoms in total. The van der Waals surface area contributed by atoms with Crippen LogP contribution in [0, 0.1) is 17.8 Å². The number of halogens is 1. The zero-order valence-electron chi connectivity index (χ0n) is 18.8. The first kappa shape index (κ1) is 22.5. The van der Waals surface area contributed by atoms with Crippen molar-refractivity contribution in [2.24, 2.45) is 17.8 Å². The van der Waals surface area contributed by atoms with E-state index in [2.05, 4.69) is 39.1 Å². The molecule has 7 heteroatoms. The second kappa shape index (κ2) is 9.90. The Labute approximate surface area is 204 Å². The fourth-order valence-corrected chi connectivity index (χ4v) is 6.43. The number of hydrogen-bond acceptors (Lipinski definition) is 4. The van der Waals surface area contributed by atoms with Gasteiger partial charge >= 0.3 is 0 Å². The lowest BCUT2D eigenvalue weighted by atomic mass is 9.84. The number of nitrogens with zero attached hydrogens (tertiary/aromatic N) is 3. The monoisotopic (exact) mass is 480 g/mol. The predicted octanol–water partition coefficient (Wildman–Crippen LogP) is 5.68. The molecule has 0 unspecified atom stereocenters. The Morgan fingerprint density at radius 1 is 1.12 bits per heavy atom. The van der Waals surface area contributed by atoms with Crippen molar-refractivity contribution in [3.63, 3.8) is 0 Å². The van der Waals surface area contributed by atoms with Gasteiger partial charge in [0.25, 0.3) is 0 Å². The Morgan fingerprint density at radius 3 is 2.61 bits per heavy atom. The van der Waals surface area contributed by atoms with Crippen LogP contribution in [0.25, 0.3) is 11.4 Å². The predicted molar refractivity (Wildman–Crippen MR) is 133 cm³/mol. The van der Waals surface area contributed by atoms with Crippen LogP contribution < -0.4 is 5.32 Å². The number of amides is 1. The molecule has 3 aromatic rings. The van der Waals surface area contributed by atoms with Crippen LogP contribution in [0.2, 0.25) is 5.02 Å². The van der Waals surface area contributed by atoms with Gasteiger partial charge in [0.2, 0.25) is 5.91 Å². The van der Waals surface area contributed by atoms with E-state index in [0.29, 0.717) is 23.2 Å². The number of carbonyl (C=O) groups excluding carboxylic acids is 1. The molecule has 2 saturated carbocycles. The number of benzene rings is 2. The molecular weight excluding hydrogens is 452 g/mol. The van der Waals surface area contributed by atoms with E-state index in [1.165, 1.54) is 37.4 Å². The van der Waals surface area contributed by atoms with Crippen molar-refractivity contribution in [3.05, 3.63) is 65.2 Å². The molecule has 33 heavy (non-hydrogen) atoms. The van der Waals surface area contributed by atoms with Crippen molar-refractivity contribution < 1.29 is 4.79 Å². The molecule has 0 saturated heterocycles. The van der Waals surface area contributed by atoms with Gasteiger partial charge in [0, 0.05) is 16.6 Å². The molecular formula is C26H29ClN4OS. The maximum atomic E-state index is 12.8. The molecule has 2 aliphatic carbocycles. The van der Waals surface area contributed by atoms with Gasteiger partial charge in [0.15, 0.2) is 11.0 Å². The van der Waals surface area contributed by atoms with Gasteiger partial charge in [-0.3, -0.25) is 9.36 Å². The summed E-state index contributed by atoms with van der Waals surface area (Å²) in [5.74, 6) is 3.49. The number of rotatable bonds is 8. The van der Waals surface area contributed by atoms with Gasteiger partial charge in [0.05, 0.1) is 12.3 Å². The number of thioether (sulfide) groups is 1. The number of hydrogen-bond donors (Lipinski definition) is 1. The van der Waals surface area contributed by atoms with Crippen LogP contribution in [-0.4, -0.2) is 32.5 Å². The molecule has 2 aliphatic rings. The van der Waals surface area contributed by atoms with Crippen molar-refractivity contribution in [1.82, 2.24) is 20.1 Å². The lowest BCUT2D eigenvalue weighted by molar-refractivity contribution is -0.119. The second-order valence-corrected chi connectivity index (χ2v) is 10.7. The van der Waals surface area contributed by atoms with Gasteiger partial charge < -0.3 is 5.32 Å². The summed E-state index contributed by atoms with van der Waals surface area (Å²) in [5, 5.41) is 13.6. The van der Waals surface area contributed by atoms with Crippen molar-refractivity contribution >= 4 is 29.3 Å². The maximum Gasteiger partial charge on any atom is 0.230 e. The third-order valence-corrected chi connectivity index (χ3v) is 8.38. The molecule has 172 valence electrons. The minimum absolute atomic E-state index is 0.0672. The van der Waals surface area contributed by atoms with Crippen molar-refractivity contribution in [3.8, 4) is 11.4 Å². The highest BCUT2D eigenvalue weighted by Crippen LogP contribution is 2.49. The van der Waals surface area contributed by atoms with Crippen molar-refractivity contribution in [1.29, 1.82) is 0 Å². The number of fused-ring (bicyclic) bond motifs is 2. The highest BCUT2D eigenvalue weighted by molar-refractivity contribution is 7.99. The van der Waals surface area contributed by atoms with Crippen LogP contribution in [0.3, 0.4) is 0 Å². The first-order valence-corrected chi connectivity index (χ1v) is 13.1. The van der Waals surface area contributed by atoms with Crippen LogP contribution in [0.1, 0.15) is 38.2 Å². The minimum Gasteiger partial charge on any atom is -0.353 e. The second-order valence-electron chi connectivity index (χ2n) is 9.37. The van der Waals surface area contributed by atoms with E-state index < -0.39 is 0 Å². The number of nitrogens with one attached hydrogen (secondary N) is 1. The first-order valence-electron chi connectivity index (χ1n) is 11.7. The van der Waals surface area contributed by atoms with Crippen LogP contribution in [0.5, 0.6) is 0 Å². The van der Waals surface area contributed by atoms with Crippen LogP contribution in [-0.2, 0) is 11.3 Å². The van der Waals surface area contributed by atoms with Gasteiger partial charge in [-0.15, -0.1) is 10.2 Å². The standard InChI is InChI=1S/C26H29ClN4OS/c1-17(23-14-19-7-8-21(23)13-19)28-24(32)16-33-26-30-29-25(20-9-11-22(27)12-10-20)31(26)15-18-5-3-2-4-6-18/h2-6,9-12,17,19,21,23H,7-8,13-16H2,1H3,(H,28,32)/t17-,19-,21-,23+/m1/s1. The fourth-order valence-electron chi connectivity index (χ4n) is 5.56. The topological polar surface area (TPSA) is 59.8 Å². The Bertz CT molecular complexity index is 1100. The molecule has 1 amide bonds. The maximum absolute atomic E-state index is 12.8. The highest BCUT2D eigenvalue weighted by atomic mass is 35.5. The molecule has 1 aromatic heterocycles. The molecule has 2 aromatic carbocycles. The van der Waals surface area contributed by atoms with E-state index in [0.717, 1.165) is 33.9 Å². The summed E-state index contributed by atoms with van der Waals surface area (Å²) in [6.45, 7) is 2.81. The highest BCUT2D eigenvalue weighted by Gasteiger charge is 2.42. The average molecular weight is 481 g/mol. The van der Waals surface area contributed by atoms with Crippen LogP contribution in [0.4, 0.5) is 0 Å².